The van der Waals surface area contributed by atoms with Crippen LogP contribution in [0.5, 0.6) is 0 Å². The second-order valence-corrected chi connectivity index (χ2v) is 4.88. The molecule has 1 heterocycles. The highest BCUT2D eigenvalue weighted by Crippen LogP contribution is 2.20. The van der Waals surface area contributed by atoms with Crippen molar-refractivity contribution in [1.29, 1.82) is 5.26 Å². The van der Waals surface area contributed by atoms with Crippen molar-refractivity contribution in [2.24, 2.45) is 0 Å². The van der Waals surface area contributed by atoms with Gasteiger partial charge in [0.2, 0.25) is 0 Å². The van der Waals surface area contributed by atoms with Crippen LogP contribution < -0.4 is 0 Å². The molecule has 5 nitrogen and oxygen atoms in total. The highest BCUT2D eigenvalue weighted by atomic mass is 32.2. The average molecular weight is 274 g/mol. The summed E-state index contributed by atoms with van der Waals surface area (Å²) in [5.74, 6) is 0. The summed E-state index contributed by atoms with van der Waals surface area (Å²) in [7, 11) is -2.60. The van der Waals surface area contributed by atoms with Crippen LogP contribution in [0.3, 0.4) is 0 Å². The van der Waals surface area contributed by atoms with E-state index in [9.17, 15) is 13.6 Å². The number of nitrogens with zero attached hydrogens (tertiary/aromatic N) is 2. The van der Waals surface area contributed by atoms with Crippen LogP contribution in [0.4, 0.5) is 0 Å². The summed E-state index contributed by atoms with van der Waals surface area (Å²) in [6.45, 7) is -0.131. The van der Waals surface area contributed by atoms with Crippen molar-refractivity contribution < 1.29 is 13.1 Å². The molecule has 96 valence electrons. The molecule has 1 aromatic rings. The SMILES string of the molecule is N#Cc1ccccc1C[N+]1([O-])C=CC=CC1=S(=O)=O. The summed E-state index contributed by atoms with van der Waals surface area (Å²) >= 11 is 0. The number of hydrogen-bond acceptors (Lipinski definition) is 4. The van der Waals surface area contributed by atoms with Crippen molar-refractivity contribution in [2.45, 2.75) is 6.54 Å². The Balaban J connectivity index is 2.48. The Bertz CT molecular complexity index is 733. The van der Waals surface area contributed by atoms with Gasteiger partial charge < -0.3 is 5.21 Å². The second-order valence-electron chi connectivity index (χ2n) is 4.00. The maximum atomic E-state index is 12.6. The molecule has 0 radical (unpaired) electrons. The molecule has 0 fully saturated rings. The quantitative estimate of drug-likeness (QED) is 0.464. The van der Waals surface area contributed by atoms with Gasteiger partial charge >= 0.3 is 0 Å². The molecule has 19 heavy (non-hydrogen) atoms. The van der Waals surface area contributed by atoms with E-state index >= 15 is 0 Å². The van der Waals surface area contributed by atoms with Gasteiger partial charge in [0.1, 0.15) is 12.7 Å². The standard InChI is InChI=1S/C13H10N2O3S/c14-9-11-5-1-2-6-12(11)10-15(16)8-4-3-7-13(15)19(17)18/h1-8H,10H2. The number of hydrogen-bond donors (Lipinski definition) is 0. The number of nitriles is 1. The third kappa shape index (κ3) is 2.63. The Kier molecular flexibility index (Phi) is 3.62. The molecule has 0 aliphatic carbocycles. The molecule has 1 atom stereocenters. The molecule has 1 aromatic carbocycles. The van der Waals surface area contributed by atoms with E-state index < -0.39 is 14.9 Å². The summed E-state index contributed by atoms with van der Waals surface area (Å²) < 4.78 is 21.1. The highest BCUT2D eigenvalue weighted by Gasteiger charge is 2.25. The van der Waals surface area contributed by atoms with Gasteiger partial charge in [0.05, 0.1) is 11.6 Å². The number of rotatable bonds is 2. The minimum Gasteiger partial charge on any atom is -0.621 e. The van der Waals surface area contributed by atoms with E-state index in [4.69, 9.17) is 5.26 Å². The maximum Gasteiger partial charge on any atom is 0.277 e. The fraction of sp³-hybridized carbons (Fsp3) is 0.0769. The van der Waals surface area contributed by atoms with Crippen molar-refractivity contribution in [3.05, 3.63) is 65.0 Å². The lowest BCUT2D eigenvalue weighted by atomic mass is 10.1. The number of allylic oxidation sites excluding steroid dienone is 2. The molecule has 0 aromatic heterocycles. The van der Waals surface area contributed by atoms with Gasteiger partial charge in [-0.05, 0) is 18.2 Å². The van der Waals surface area contributed by atoms with Gasteiger partial charge in [-0.15, -0.1) is 0 Å². The van der Waals surface area contributed by atoms with Crippen molar-refractivity contribution >= 4 is 15.3 Å². The van der Waals surface area contributed by atoms with Gasteiger partial charge in [-0.25, -0.2) is 0 Å². The number of hydroxylamine groups is 3. The Morgan fingerprint density at radius 3 is 2.68 bits per heavy atom. The van der Waals surface area contributed by atoms with Gasteiger partial charge in [0, 0.05) is 11.6 Å². The van der Waals surface area contributed by atoms with E-state index in [2.05, 4.69) is 0 Å². The zero-order valence-corrected chi connectivity index (χ0v) is 10.7. The lowest BCUT2D eigenvalue weighted by Crippen LogP contribution is -2.42. The first kappa shape index (κ1) is 13.2. The first-order chi connectivity index (χ1) is 9.07. The molecule has 1 unspecified atom stereocenters. The van der Waals surface area contributed by atoms with Gasteiger partial charge in [0.25, 0.3) is 15.3 Å². The van der Waals surface area contributed by atoms with Crippen molar-refractivity contribution in [3.8, 4) is 6.07 Å². The van der Waals surface area contributed by atoms with Gasteiger partial charge in [-0.2, -0.15) is 13.7 Å². The molecule has 0 N–H and O–H groups in total. The lowest BCUT2D eigenvalue weighted by molar-refractivity contribution is -0.744. The third-order valence-corrected chi connectivity index (χ3v) is 3.55. The molecule has 1 aliphatic heterocycles. The highest BCUT2D eigenvalue weighted by molar-refractivity contribution is 7.72. The molecule has 0 saturated heterocycles. The fourth-order valence-corrected chi connectivity index (χ4v) is 2.43. The first-order valence-electron chi connectivity index (χ1n) is 5.46. The molecule has 0 bridgehead atoms. The van der Waals surface area contributed by atoms with Gasteiger partial charge in [-0.3, -0.25) is 4.65 Å². The van der Waals surface area contributed by atoms with E-state index in [1.165, 1.54) is 24.4 Å². The van der Waals surface area contributed by atoms with Gasteiger partial charge in [-0.1, -0.05) is 18.2 Å². The summed E-state index contributed by atoms with van der Waals surface area (Å²) in [6.07, 6.45) is 5.51. The van der Waals surface area contributed by atoms with Crippen molar-refractivity contribution in [3.63, 3.8) is 0 Å². The molecular formula is C13H10N2O3S. The summed E-state index contributed by atoms with van der Waals surface area (Å²) in [4.78, 5) is -0.268. The van der Waals surface area contributed by atoms with Crippen LogP contribution in [-0.4, -0.2) is 18.1 Å². The van der Waals surface area contributed by atoms with E-state index in [0.29, 0.717) is 11.1 Å². The van der Waals surface area contributed by atoms with Crippen LogP contribution in [0.2, 0.25) is 0 Å². The Labute approximate surface area is 112 Å². The smallest absolute Gasteiger partial charge is 0.277 e. The van der Waals surface area contributed by atoms with Crippen LogP contribution in [0.1, 0.15) is 11.1 Å². The zero-order valence-electron chi connectivity index (χ0n) is 9.85. The molecule has 0 spiro atoms. The predicted octanol–water partition coefficient (Wildman–Crippen LogP) is 1.47. The molecule has 6 heteroatoms. The van der Waals surface area contributed by atoms with E-state index in [-0.39, 0.29) is 11.5 Å². The van der Waals surface area contributed by atoms with Crippen LogP contribution >= 0.6 is 0 Å². The summed E-state index contributed by atoms with van der Waals surface area (Å²) in [5, 5.41) is 21.6. The number of quaternary nitrogens is 1. The van der Waals surface area contributed by atoms with Crippen LogP contribution in [-0.2, 0) is 16.8 Å². The Morgan fingerprint density at radius 2 is 2.00 bits per heavy atom. The minimum atomic E-state index is -2.60. The second kappa shape index (κ2) is 5.20. The molecular weight excluding hydrogens is 264 g/mol. The Hall–Kier alpha value is -2.20. The summed E-state index contributed by atoms with van der Waals surface area (Å²) in [6, 6.07) is 8.64. The van der Waals surface area contributed by atoms with E-state index in [1.54, 1.807) is 24.3 Å². The molecule has 2 rings (SSSR count). The third-order valence-electron chi connectivity index (χ3n) is 2.76. The fourth-order valence-electron chi connectivity index (χ4n) is 1.86. The van der Waals surface area contributed by atoms with Crippen LogP contribution in [0, 0.1) is 16.5 Å². The topological polar surface area (TPSA) is 81.0 Å². The predicted molar refractivity (Wildman–Crippen MR) is 70.7 cm³/mol. The maximum absolute atomic E-state index is 12.6. The van der Waals surface area contributed by atoms with Crippen LogP contribution in [0.25, 0.3) is 0 Å². The Morgan fingerprint density at radius 1 is 1.26 bits per heavy atom. The van der Waals surface area contributed by atoms with Crippen molar-refractivity contribution in [1.82, 2.24) is 0 Å². The minimum absolute atomic E-state index is 0.131. The van der Waals surface area contributed by atoms with Gasteiger partial charge in [0.15, 0.2) is 0 Å². The zero-order chi connectivity index (χ0) is 13.9. The van der Waals surface area contributed by atoms with Crippen LogP contribution in [0.15, 0.2) is 48.7 Å². The van der Waals surface area contributed by atoms with Crippen molar-refractivity contribution in [2.75, 3.05) is 0 Å². The molecule has 1 aliphatic rings. The monoisotopic (exact) mass is 274 g/mol. The number of benzene rings is 1. The molecule has 0 saturated carbocycles. The van der Waals surface area contributed by atoms with E-state index in [0.717, 1.165) is 0 Å². The lowest BCUT2D eigenvalue weighted by Gasteiger charge is -2.38. The van der Waals surface area contributed by atoms with E-state index in [1.807, 2.05) is 6.07 Å². The summed E-state index contributed by atoms with van der Waals surface area (Å²) in [5.41, 5.74) is 0.887. The normalized spacial score (nSPS) is 21.2. The first-order valence-corrected chi connectivity index (χ1v) is 6.54. The molecule has 0 amide bonds. The largest absolute Gasteiger partial charge is 0.621 e. The average Bonchev–Trinajstić information content (AvgIpc) is 2.39.